The van der Waals surface area contributed by atoms with Crippen molar-refractivity contribution in [1.82, 2.24) is 4.57 Å². The van der Waals surface area contributed by atoms with Crippen molar-refractivity contribution in [3.8, 4) is 39.1 Å². The number of aryl methyl sites for hydroxylation is 1. The highest BCUT2D eigenvalue weighted by atomic mass is 16.3. The van der Waals surface area contributed by atoms with E-state index >= 15 is 0 Å². The van der Waals surface area contributed by atoms with E-state index in [1.807, 2.05) is 6.07 Å². The maximum atomic E-state index is 6.34. The lowest BCUT2D eigenvalue weighted by Gasteiger charge is -2.31. The van der Waals surface area contributed by atoms with Gasteiger partial charge in [-0.25, -0.2) is 0 Å². The van der Waals surface area contributed by atoms with Gasteiger partial charge in [-0.15, -0.1) is 0 Å². The van der Waals surface area contributed by atoms with E-state index in [1.54, 1.807) is 0 Å². The fourth-order valence-electron chi connectivity index (χ4n) is 9.43. The average Bonchev–Trinajstić information content (AvgIpc) is 3.79. The van der Waals surface area contributed by atoms with Crippen molar-refractivity contribution in [3.63, 3.8) is 0 Å². The van der Waals surface area contributed by atoms with Gasteiger partial charge in [0.1, 0.15) is 11.2 Å². The normalized spacial score (nSPS) is 13.2. The van der Waals surface area contributed by atoms with E-state index < -0.39 is 0 Å². The van der Waals surface area contributed by atoms with Crippen LogP contribution in [-0.4, -0.2) is 11.6 Å². The van der Waals surface area contributed by atoms with E-state index in [2.05, 4.69) is 193 Å². The average molecular weight is 735 g/mol. The summed E-state index contributed by atoms with van der Waals surface area (Å²) in [7, 11) is 2.21. The van der Waals surface area contributed by atoms with Crippen molar-refractivity contribution in [2.24, 2.45) is 0 Å². The third kappa shape index (κ3) is 5.41. The highest BCUT2D eigenvalue weighted by molar-refractivity contribution is 6.27. The highest BCUT2D eigenvalue weighted by Gasteiger charge is 2.26. The molecule has 3 nitrogen and oxygen atoms in total. The first-order valence-electron chi connectivity index (χ1n) is 20.2. The molecule has 1 aliphatic rings. The van der Waals surface area contributed by atoms with Gasteiger partial charge in [-0.1, -0.05) is 128 Å². The van der Waals surface area contributed by atoms with Crippen molar-refractivity contribution in [1.29, 1.82) is 0 Å². The summed E-state index contributed by atoms with van der Waals surface area (Å²) >= 11 is 0. The van der Waals surface area contributed by atoms with Gasteiger partial charge in [0, 0.05) is 51.2 Å². The van der Waals surface area contributed by atoms with Crippen LogP contribution in [0.25, 0.3) is 82.8 Å². The Kier molecular flexibility index (Phi) is 7.89. The maximum absolute atomic E-state index is 6.34. The molecule has 2 heterocycles. The van der Waals surface area contributed by atoms with Crippen LogP contribution < -0.4 is 4.90 Å². The molecule has 57 heavy (non-hydrogen) atoms. The predicted molar refractivity (Wildman–Crippen MR) is 240 cm³/mol. The SMILES string of the molecule is Cc1ccc(N(C)c2cccc(-c3cccc(-n4c5ccccc5c5c6c(ccc54)oc4ccccc46)c3)c2)c(-c2ccccc2)c1-c1ccccc1C1CCC1. The lowest BCUT2D eigenvalue weighted by Crippen LogP contribution is -2.13. The lowest BCUT2D eigenvalue weighted by molar-refractivity contribution is 0.420. The monoisotopic (exact) mass is 734 g/mol. The van der Waals surface area contributed by atoms with E-state index in [0.29, 0.717) is 5.92 Å². The molecule has 10 aromatic rings. The van der Waals surface area contributed by atoms with Gasteiger partial charge < -0.3 is 13.9 Å². The van der Waals surface area contributed by atoms with Crippen molar-refractivity contribution >= 4 is 55.1 Å². The summed E-state index contributed by atoms with van der Waals surface area (Å²) in [6.45, 7) is 2.27. The standard InChI is InChI=1S/C54H42N2O/c1-35-29-30-47(52(37-15-4-3-5-16-37)51(35)43-24-7-6-23-42(43)36-17-12-18-36)55(2)40-21-13-19-38(33-40)39-20-14-22-41(34-39)56-46-27-10-8-25-44(46)53-48(56)31-32-50-54(53)45-26-9-11-28-49(45)57-50/h3-11,13-16,19-34,36H,12,17-18H2,1-2H3. The fourth-order valence-corrected chi connectivity index (χ4v) is 9.43. The number of furan rings is 1. The Morgan fingerprint density at radius 1 is 0.544 bits per heavy atom. The Balaban J connectivity index is 1.04. The molecule has 11 rings (SSSR count). The number of nitrogens with zero attached hydrogens (tertiary/aromatic N) is 2. The summed E-state index contributed by atoms with van der Waals surface area (Å²) in [5, 5.41) is 4.77. The maximum Gasteiger partial charge on any atom is 0.136 e. The molecule has 0 unspecified atom stereocenters. The van der Waals surface area contributed by atoms with Crippen molar-refractivity contribution < 1.29 is 4.42 Å². The van der Waals surface area contributed by atoms with Crippen molar-refractivity contribution in [3.05, 3.63) is 187 Å². The minimum absolute atomic E-state index is 0.632. The molecule has 3 heteroatoms. The predicted octanol–water partition coefficient (Wildman–Crippen LogP) is 15.0. The summed E-state index contributed by atoms with van der Waals surface area (Å²) in [5.41, 5.74) is 18.0. The summed E-state index contributed by atoms with van der Waals surface area (Å²) in [6, 6.07) is 64.1. The van der Waals surface area contributed by atoms with Crippen LogP contribution in [-0.2, 0) is 0 Å². The molecule has 1 fully saturated rings. The molecule has 0 bridgehead atoms. The van der Waals surface area contributed by atoms with Crippen LogP contribution in [0.5, 0.6) is 0 Å². The Morgan fingerprint density at radius 3 is 2.11 bits per heavy atom. The molecule has 0 radical (unpaired) electrons. The Labute approximate surface area is 333 Å². The quantitative estimate of drug-likeness (QED) is 0.163. The number of hydrogen-bond acceptors (Lipinski definition) is 2. The second kappa shape index (κ2) is 13.4. The molecule has 2 aromatic heterocycles. The van der Waals surface area contributed by atoms with E-state index in [4.69, 9.17) is 4.42 Å². The minimum Gasteiger partial charge on any atom is -0.456 e. The van der Waals surface area contributed by atoms with Gasteiger partial charge in [-0.2, -0.15) is 0 Å². The van der Waals surface area contributed by atoms with E-state index in [1.165, 1.54) is 96.6 Å². The molecule has 0 aliphatic heterocycles. The van der Waals surface area contributed by atoms with Gasteiger partial charge in [0.05, 0.1) is 11.0 Å². The number of anilines is 2. The van der Waals surface area contributed by atoms with Crippen LogP contribution in [0.3, 0.4) is 0 Å². The Morgan fingerprint density at radius 2 is 1.26 bits per heavy atom. The number of para-hydroxylation sites is 2. The molecular weight excluding hydrogens is 693 g/mol. The Hall–Kier alpha value is -6.84. The smallest absolute Gasteiger partial charge is 0.136 e. The van der Waals surface area contributed by atoms with E-state index in [0.717, 1.165) is 27.9 Å². The minimum atomic E-state index is 0.632. The zero-order valence-electron chi connectivity index (χ0n) is 32.2. The summed E-state index contributed by atoms with van der Waals surface area (Å²) in [5.74, 6) is 0.632. The number of hydrogen-bond donors (Lipinski definition) is 0. The molecular formula is C54H42N2O. The number of benzene rings is 8. The van der Waals surface area contributed by atoms with Crippen molar-refractivity contribution in [2.75, 3.05) is 11.9 Å². The lowest BCUT2D eigenvalue weighted by atomic mass is 9.75. The first-order valence-corrected chi connectivity index (χ1v) is 20.2. The van der Waals surface area contributed by atoms with Gasteiger partial charge in [0.2, 0.25) is 0 Å². The van der Waals surface area contributed by atoms with E-state index in [9.17, 15) is 0 Å². The van der Waals surface area contributed by atoms with Gasteiger partial charge in [0.25, 0.3) is 0 Å². The van der Waals surface area contributed by atoms with Crippen LogP contribution in [0.2, 0.25) is 0 Å². The fraction of sp³-hybridized carbons (Fsp3) is 0.111. The molecule has 0 spiro atoms. The molecule has 0 atom stereocenters. The van der Waals surface area contributed by atoms with Crippen LogP contribution in [0, 0.1) is 6.92 Å². The summed E-state index contributed by atoms with van der Waals surface area (Å²) < 4.78 is 8.75. The number of aromatic nitrogens is 1. The molecule has 0 N–H and O–H groups in total. The highest BCUT2D eigenvalue weighted by Crippen LogP contribution is 2.48. The van der Waals surface area contributed by atoms with Gasteiger partial charge in [-0.3, -0.25) is 0 Å². The van der Waals surface area contributed by atoms with E-state index in [-0.39, 0.29) is 0 Å². The van der Waals surface area contributed by atoms with Gasteiger partial charge in [0.15, 0.2) is 0 Å². The molecule has 274 valence electrons. The van der Waals surface area contributed by atoms with Gasteiger partial charge >= 0.3 is 0 Å². The second-order valence-electron chi connectivity index (χ2n) is 15.7. The summed E-state index contributed by atoms with van der Waals surface area (Å²) in [4.78, 5) is 2.37. The molecule has 8 aromatic carbocycles. The van der Waals surface area contributed by atoms with Crippen molar-refractivity contribution in [2.45, 2.75) is 32.1 Å². The molecule has 1 aliphatic carbocycles. The summed E-state index contributed by atoms with van der Waals surface area (Å²) in [6.07, 6.45) is 3.86. The van der Waals surface area contributed by atoms with Crippen LogP contribution in [0.15, 0.2) is 180 Å². The first-order chi connectivity index (χ1) is 28.1. The topological polar surface area (TPSA) is 21.3 Å². The van der Waals surface area contributed by atoms with Crippen LogP contribution in [0.4, 0.5) is 11.4 Å². The Bertz CT molecular complexity index is 3140. The van der Waals surface area contributed by atoms with Gasteiger partial charge in [-0.05, 0) is 119 Å². The number of rotatable bonds is 7. The van der Waals surface area contributed by atoms with Crippen LogP contribution in [0.1, 0.15) is 36.3 Å². The molecule has 0 amide bonds. The molecule has 1 saturated carbocycles. The third-order valence-electron chi connectivity index (χ3n) is 12.4. The third-order valence-corrected chi connectivity index (χ3v) is 12.4. The van der Waals surface area contributed by atoms with Crippen LogP contribution >= 0.6 is 0 Å². The number of fused-ring (bicyclic) bond motifs is 7. The zero-order chi connectivity index (χ0) is 38.0. The first kappa shape index (κ1) is 33.5. The second-order valence-corrected chi connectivity index (χ2v) is 15.7. The molecule has 0 saturated heterocycles. The largest absolute Gasteiger partial charge is 0.456 e. The zero-order valence-corrected chi connectivity index (χ0v) is 32.2.